The largest absolute Gasteiger partial charge is 0.507 e. The van der Waals surface area contributed by atoms with E-state index in [1.165, 1.54) is 18.4 Å². The predicted octanol–water partition coefficient (Wildman–Crippen LogP) is 4.70. The molecule has 158 valence electrons. The van der Waals surface area contributed by atoms with E-state index >= 15 is 4.39 Å². The Morgan fingerprint density at radius 1 is 1.20 bits per heavy atom. The molecule has 1 saturated carbocycles. The number of hydrogen-bond acceptors (Lipinski definition) is 6. The third-order valence-electron chi connectivity index (χ3n) is 6.23. The van der Waals surface area contributed by atoms with Gasteiger partial charge in [0, 0.05) is 18.7 Å². The SMILES string of the molecule is CC[C@@H]1CCCC[C@H](N(C)c2ccc(-c3cc4occc(=O)c4cc3O)nn2)[C@@H]1F. The van der Waals surface area contributed by atoms with Gasteiger partial charge in [-0.3, -0.25) is 4.79 Å². The summed E-state index contributed by atoms with van der Waals surface area (Å²) >= 11 is 0. The van der Waals surface area contributed by atoms with Gasteiger partial charge in [-0.05, 0) is 43.0 Å². The lowest BCUT2D eigenvalue weighted by molar-refractivity contribution is 0.184. The van der Waals surface area contributed by atoms with Gasteiger partial charge in [-0.15, -0.1) is 10.2 Å². The van der Waals surface area contributed by atoms with Gasteiger partial charge in [-0.1, -0.05) is 26.2 Å². The van der Waals surface area contributed by atoms with Crippen LogP contribution >= 0.6 is 0 Å². The number of alkyl halides is 1. The molecule has 1 N–H and O–H groups in total. The zero-order valence-corrected chi connectivity index (χ0v) is 17.2. The molecular weight excluding hydrogens is 385 g/mol. The summed E-state index contributed by atoms with van der Waals surface area (Å²) in [6.07, 6.45) is 5.06. The number of halogens is 1. The molecule has 0 saturated heterocycles. The fourth-order valence-electron chi connectivity index (χ4n) is 4.38. The van der Waals surface area contributed by atoms with E-state index in [4.69, 9.17) is 4.42 Å². The van der Waals surface area contributed by atoms with Crippen molar-refractivity contribution in [2.24, 2.45) is 5.92 Å². The number of aromatic hydroxyl groups is 1. The highest BCUT2D eigenvalue weighted by molar-refractivity contribution is 5.85. The van der Waals surface area contributed by atoms with Crippen LogP contribution in [0.5, 0.6) is 5.75 Å². The van der Waals surface area contributed by atoms with Gasteiger partial charge < -0.3 is 14.4 Å². The average molecular weight is 411 g/mol. The fraction of sp³-hybridized carbons (Fsp3) is 0.435. The van der Waals surface area contributed by atoms with E-state index in [1.54, 1.807) is 18.2 Å². The maximum absolute atomic E-state index is 15.1. The van der Waals surface area contributed by atoms with Gasteiger partial charge in [0.25, 0.3) is 0 Å². The summed E-state index contributed by atoms with van der Waals surface area (Å²) in [4.78, 5) is 13.8. The van der Waals surface area contributed by atoms with Crippen LogP contribution in [0.1, 0.15) is 39.0 Å². The second-order valence-electron chi connectivity index (χ2n) is 8.00. The van der Waals surface area contributed by atoms with Crippen molar-refractivity contribution in [2.45, 2.75) is 51.2 Å². The second-order valence-corrected chi connectivity index (χ2v) is 8.00. The zero-order valence-electron chi connectivity index (χ0n) is 17.2. The van der Waals surface area contributed by atoms with Crippen molar-refractivity contribution < 1.29 is 13.9 Å². The number of aromatic nitrogens is 2. The third-order valence-corrected chi connectivity index (χ3v) is 6.23. The highest BCUT2D eigenvalue weighted by Crippen LogP contribution is 2.34. The van der Waals surface area contributed by atoms with Crippen LogP contribution in [-0.4, -0.2) is 34.6 Å². The summed E-state index contributed by atoms with van der Waals surface area (Å²) in [5.41, 5.74) is 1.00. The van der Waals surface area contributed by atoms with E-state index < -0.39 is 6.17 Å². The van der Waals surface area contributed by atoms with Crippen LogP contribution in [0.2, 0.25) is 0 Å². The van der Waals surface area contributed by atoms with Crippen molar-refractivity contribution in [3.05, 3.63) is 46.8 Å². The molecule has 30 heavy (non-hydrogen) atoms. The lowest BCUT2D eigenvalue weighted by Gasteiger charge is -2.33. The van der Waals surface area contributed by atoms with Crippen molar-refractivity contribution in [2.75, 3.05) is 11.9 Å². The lowest BCUT2D eigenvalue weighted by atomic mass is 9.93. The average Bonchev–Trinajstić information content (AvgIpc) is 2.95. The minimum atomic E-state index is -0.892. The molecule has 4 rings (SSSR count). The van der Waals surface area contributed by atoms with Crippen LogP contribution in [-0.2, 0) is 0 Å². The van der Waals surface area contributed by atoms with Crippen LogP contribution < -0.4 is 10.3 Å². The highest BCUT2D eigenvalue weighted by atomic mass is 19.1. The van der Waals surface area contributed by atoms with Crippen LogP contribution in [0.15, 0.2) is 45.8 Å². The minimum Gasteiger partial charge on any atom is -0.507 e. The van der Waals surface area contributed by atoms with Crippen molar-refractivity contribution in [1.82, 2.24) is 10.2 Å². The number of phenols is 1. The van der Waals surface area contributed by atoms with Crippen molar-refractivity contribution in [3.63, 3.8) is 0 Å². The van der Waals surface area contributed by atoms with Gasteiger partial charge in [0.05, 0.1) is 23.4 Å². The third kappa shape index (κ3) is 3.76. The molecule has 2 aromatic heterocycles. The first kappa shape index (κ1) is 20.3. The molecule has 0 unspecified atom stereocenters. The number of hydrogen-bond donors (Lipinski definition) is 1. The molecule has 3 atom stereocenters. The summed E-state index contributed by atoms with van der Waals surface area (Å²) in [5, 5.41) is 19.2. The van der Waals surface area contributed by atoms with Crippen LogP contribution in [0.25, 0.3) is 22.2 Å². The number of nitrogens with zero attached hydrogens (tertiary/aromatic N) is 3. The normalized spacial score (nSPS) is 22.0. The number of benzene rings is 1. The van der Waals surface area contributed by atoms with Gasteiger partial charge in [-0.2, -0.15) is 0 Å². The predicted molar refractivity (Wildman–Crippen MR) is 115 cm³/mol. The summed E-state index contributed by atoms with van der Waals surface area (Å²) in [6.45, 7) is 2.05. The van der Waals surface area contributed by atoms with Gasteiger partial charge in [0.2, 0.25) is 0 Å². The topological polar surface area (TPSA) is 79.5 Å². The molecule has 2 heterocycles. The van der Waals surface area contributed by atoms with Crippen molar-refractivity contribution in [1.29, 1.82) is 0 Å². The highest BCUT2D eigenvalue weighted by Gasteiger charge is 2.33. The van der Waals surface area contributed by atoms with Crippen LogP contribution in [0, 0.1) is 5.92 Å². The molecule has 1 aliphatic rings. The molecule has 0 spiro atoms. The smallest absolute Gasteiger partial charge is 0.192 e. The maximum atomic E-state index is 15.1. The second kappa shape index (κ2) is 8.42. The quantitative estimate of drug-likeness (QED) is 0.627. The first-order valence-corrected chi connectivity index (χ1v) is 10.4. The Hall–Kier alpha value is -2.96. The van der Waals surface area contributed by atoms with Gasteiger partial charge in [0.1, 0.15) is 17.5 Å². The molecule has 0 amide bonds. The first-order chi connectivity index (χ1) is 14.5. The Morgan fingerprint density at radius 2 is 2.00 bits per heavy atom. The van der Waals surface area contributed by atoms with E-state index in [0.29, 0.717) is 28.0 Å². The maximum Gasteiger partial charge on any atom is 0.192 e. The van der Waals surface area contributed by atoms with Gasteiger partial charge in [-0.25, -0.2) is 4.39 Å². The number of anilines is 1. The zero-order chi connectivity index (χ0) is 21.3. The molecular formula is C23H26FN3O3. The Labute approximate surface area is 174 Å². The van der Waals surface area contributed by atoms with E-state index in [2.05, 4.69) is 10.2 Å². The summed E-state index contributed by atoms with van der Waals surface area (Å²) in [6, 6.07) is 7.56. The molecule has 0 radical (unpaired) electrons. The number of fused-ring (bicyclic) bond motifs is 1. The first-order valence-electron chi connectivity index (χ1n) is 10.4. The van der Waals surface area contributed by atoms with E-state index in [0.717, 1.165) is 32.1 Å². The molecule has 0 aliphatic heterocycles. The van der Waals surface area contributed by atoms with Gasteiger partial charge >= 0.3 is 0 Å². The van der Waals surface area contributed by atoms with Gasteiger partial charge in [0.15, 0.2) is 11.2 Å². The van der Waals surface area contributed by atoms with E-state index in [-0.39, 0.29) is 23.1 Å². The monoisotopic (exact) mass is 411 g/mol. The summed E-state index contributed by atoms with van der Waals surface area (Å²) in [5.74, 6) is 0.598. The van der Waals surface area contributed by atoms with E-state index in [9.17, 15) is 9.90 Å². The van der Waals surface area contributed by atoms with E-state index in [1.807, 2.05) is 18.9 Å². The molecule has 1 aliphatic carbocycles. The summed E-state index contributed by atoms with van der Waals surface area (Å²) in [7, 11) is 1.86. The summed E-state index contributed by atoms with van der Waals surface area (Å²) < 4.78 is 20.5. The van der Waals surface area contributed by atoms with Crippen molar-refractivity contribution in [3.8, 4) is 17.0 Å². The number of rotatable bonds is 4. The molecule has 6 nitrogen and oxygen atoms in total. The lowest BCUT2D eigenvalue weighted by Crippen LogP contribution is -2.42. The Bertz CT molecular complexity index is 1080. The fourth-order valence-corrected chi connectivity index (χ4v) is 4.38. The molecule has 7 heteroatoms. The minimum absolute atomic E-state index is 0.0743. The Morgan fingerprint density at radius 3 is 2.73 bits per heavy atom. The van der Waals surface area contributed by atoms with Crippen LogP contribution in [0.3, 0.4) is 0 Å². The molecule has 1 fully saturated rings. The standard InChI is InChI=1S/C23H26FN3O3/c1-3-14-6-4-5-7-18(23(14)24)27(2)22-9-8-17(25-26-22)15-13-21-16(12-20(15)29)19(28)10-11-30-21/h8-14,18,23,29H,3-7H2,1-2H3/t14-,18+,23-/m1/s1. The van der Waals surface area contributed by atoms with Crippen molar-refractivity contribution >= 4 is 16.8 Å². The molecule has 0 bridgehead atoms. The number of phenolic OH excluding ortho intramolecular Hbond substituents is 1. The van der Waals surface area contributed by atoms with Crippen LogP contribution in [0.4, 0.5) is 10.2 Å². The molecule has 1 aromatic carbocycles. The Kier molecular flexibility index (Phi) is 5.70. The Balaban J connectivity index is 1.62. The molecule has 3 aromatic rings.